The van der Waals surface area contributed by atoms with Gasteiger partial charge >= 0.3 is 0 Å². The van der Waals surface area contributed by atoms with E-state index in [0.717, 1.165) is 19.3 Å². The van der Waals surface area contributed by atoms with Crippen molar-refractivity contribution in [1.29, 1.82) is 0 Å². The zero-order chi connectivity index (χ0) is 11.6. The minimum absolute atomic E-state index is 0.129. The molecule has 0 fully saturated rings. The summed E-state index contributed by atoms with van der Waals surface area (Å²) in [6.45, 7) is 1.38. The molecular weight excluding hydrogens is 200 g/mol. The van der Waals surface area contributed by atoms with Crippen molar-refractivity contribution in [2.45, 2.75) is 25.7 Å². The Morgan fingerprint density at radius 2 is 1.94 bits per heavy atom. The van der Waals surface area contributed by atoms with E-state index in [2.05, 4.69) is 17.4 Å². The van der Waals surface area contributed by atoms with Crippen LogP contribution in [0.1, 0.15) is 24.8 Å². The molecule has 0 unspecified atom stereocenters. The van der Waals surface area contributed by atoms with Crippen LogP contribution in [0, 0.1) is 0 Å². The van der Waals surface area contributed by atoms with Crippen molar-refractivity contribution < 1.29 is 4.79 Å². The minimum Gasteiger partial charge on any atom is -0.356 e. The first-order valence-electron chi connectivity index (χ1n) is 5.83. The molecule has 3 N–H and O–H groups in total. The third kappa shape index (κ3) is 5.51. The zero-order valence-electron chi connectivity index (χ0n) is 9.61. The molecule has 0 spiro atoms. The van der Waals surface area contributed by atoms with E-state index in [4.69, 9.17) is 5.73 Å². The minimum atomic E-state index is 0.129. The quantitative estimate of drug-likeness (QED) is 0.684. The van der Waals surface area contributed by atoms with Gasteiger partial charge in [-0.25, -0.2) is 0 Å². The molecule has 1 rings (SSSR count). The Bertz CT molecular complexity index is 298. The lowest BCUT2D eigenvalue weighted by Gasteiger charge is -2.04. The van der Waals surface area contributed by atoms with Crippen LogP contribution in [0.2, 0.25) is 0 Å². The van der Waals surface area contributed by atoms with Gasteiger partial charge in [0.25, 0.3) is 0 Å². The molecule has 1 aromatic rings. The normalized spacial score (nSPS) is 10.1. The van der Waals surface area contributed by atoms with Crippen molar-refractivity contribution >= 4 is 5.91 Å². The van der Waals surface area contributed by atoms with E-state index in [-0.39, 0.29) is 5.91 Å². The number of hydrogen-bond donors (Lipinski definition) is 2. The zero-order valence-corrected chi connectivity index (χ0v) is 9.61. The summed E-state index contributed by atoms with van der Waals surface area (Å²) in [6, 6.07) is 10.2. The van der Waals surface area contributed by atoms with Crippen LogP contribution in [0.5, 0.6) is 0 Å². The maximum absolute atomic E-state index is 11.4. The summed E-state index contributed by atoms with van der Waals surface area (Å²) >= 11 is 0. The molecular formula is C13H20N2O. The highest BCUT2D eigenvalue weighted by atomic mass is 16.1. The van der Waals surface area contributed by atoms with E-state index in [1.165, 1.54) is 5.56 Å². The number of unbranched alkanes of at least 4 members (excludes halogenated alkanes) is 1. The Balaban J connectivity index is 2.09. The van der Waals surface area contributed by atoms with Gasteiger partial charge < -0.3 is 11.1 Å². The van der Waals surface area contributed by atoms with Crippen LogP contribution in [-0.2, 0) is 11.2 Å². The fraction of sp³-hybridized carbons (Fsp3) is 0.462. The summed E-state index contributed by atoms with van der Waals surface area (Å²) in [6.07, 6.45) is 3.29. The maximum atomic E-state index is 11.4. The van der Waals surface area contributed by atoms with Gasteiger partial charge in [-0.2, -0.15) is 0 Å². The number of nitrogens with two attached hydrogens (primary N) is 1. The standard InChI is InChI=1S/C13H20N2O/c14-10-5-4-8-13(16)15-11-9-12-6-2-1-3-7-12/h1-3,6-7H,4-5,8-11,14H2,(H,15,16). The van der Waals surface area contributed by atoms with Crippen LogP contribution in [-0.4, -0.2) is 19.0 Å². The largest absolute Gasteiger partial charge is 0.356 e. The van der Waals surface area contributed by atoms with Gasteiger partial charge in [-0.1, -0.05) is 30.3 Å². The molecule has 0 aromatic heterocycles. The predicted molar refractivity (Wildman–Crippen MR) is 66.1 cm³/mol. The lowest BCUT2D eigenvalue weighted by Crippen LogP contribution is -2.25. The van der Waals surface area contributed by atoms with E-state index in [9.17, 15) is 4.79 Å². The first kappa shape index (κ1) is 12.7. The highest BCUT2D eigenvalue weighted by Crippen LogP contribution is 1.98. The number of amides is 1. The van der Waals surface area contributed by atoms with Gasteiger partial charge in [-0.3, -0.25) is 4.79 Å². The van der Waals surface area contributed by atoms with E-state index >= 15 is 0 Å². The fourth-order valence-corrected chi connectivity index (χ4v) is 1.51. The Kier molecular flexibility index (Phi) is 6.26. The summed E-state index contributed by atoms with van der Waals surface area (Å²) < 4.78 is 0. The molecule has 3 nitrogen and oxygen atoms in total. The third-order valence-electron chi connectivity index (χ3n) is 2.44. The summed E-state index contributed by atoms with van der Waals surface area (Å²) in [7, 11) is 0. The molecule has 0 saturated carbocycles. The molecule has 0 saturated heterocycles. The topological polar surface area (TPSA) is 55.1 Å². The molecule has 0 radical (unpaired) electrons. The van der Waals surface area contributed by atoms with E-state index in [0.29, 0.717) is 19.5 Å². The molecule has 1 aromatic carbocycles. The third-order valence-corrected chi connectivity index (χ3v) is 2.44. The summed E-state index contributed by atoms with van der Waals surface area (Å²) in [4.78, 5) is 11.4. The van der Waals surface area contributed by atoms with Crippen molar-refractivity contribution in [3.05, 3.63) is 35.9 Å². The smallest absolute Gasteiger partial charge is 0.220 e. The van der Waals surface area contributed by atoms with Gasteiger partial charge in [-0.15, -0.1) is 0 Å². The predicted octanol–water partition coefficient (Wildman–Crippen LogP) is 1.47. The highest BCUT2D eigenvalue weighted by Gasteiger charge is 1.99. The van der Waals surface area contributed by atoms with Gasteiger partial charge in [0.05, 0.1) is 0 Å². The van der Waals surface area contributed by atoms with Crippen LogP contribution in [0.3, 0.4) is 0 Å². The van der Waals surface area contributed by atoms with Gasteiger partial charge in [0.15, 0.2) is 0 Å². The van der Waals surface area contributed by atoms with Crippen molar-refractivity contribution in [3.8, 4) is 0 Å². The van der Waals surface area contributed by atoms with Crippen LogP contribution >= 0.6 is 0 Å². The van der Waals surface area contributed by atoms with Crippen molar-refractivity contribution in [2.75, 3.05) is 13.1 Å². The van der Waals surface area contributed by atoms with Gasteiger partial charge in [0, 0.05) is 13.0 Å². The van der Waals surface area contributed by atoms with E-state index < -0.39 is 0 Å². The van der Waals surface area contributed by atoms with Crippen LogP contribution in [0.15, 0.2) is 30.3 Å². The Hall–Kier alpha value is -1.35. The number of benzene rings is 1. The molecule has 0 bridgehead atoms. The molecule has 0 aliphatic rings. The number of nitrogens with one attached hydrogen (secondary N) is 1. The second kappa shape index (κ2) is 7.88. The average Bonchev–Trinajstić information content (AvgIpc) is 2.31. The number of carbonyl (C=O) groups is 1. The van der Waals surface area contributed by atoms with Crippen LogP contribution in [0.25, 0.3) is 0 Å². The van der Waals surface area contributed by atoms with E-state index in [1.54, 1.807) is 0 Å². The summed E-state index contributed by atoms with van der Waals surface area (Å²) in [5.41, 5.74) is 6.61. The number of rotatable bonds is 7. The van der Waals surface area contributed by atoms with E-state index in [1.807, 2.05) is 18.2 Å². The molecule has 0 heterocycles. The first-order valence-corrected chi connectivity index (χ1v) is 5.83. The fourth-order valence-electron chi connectivity index (χ4n) is 1.51. The van der Waals surface area contributed by atoms with Crippen LogP contribution < -0.4 is 11.1 Å². The number of carbonyl (C=O) groups excluding carboxylic acids is 1. The Morgan fingerprint density at radius 1 is 1.19 bits per heavy atom. The number of hydrogen-bond acceptors (Lipinski definition) is 2. The molecule has 0 aliphatic carbocycles. The van der Waals surface area contributed by atoms with Crippen molar-refractivity contribution in [2.24, 2.45) is 5.73 Å². The molecule has 0 atom stereocenters. The average molecular weight is 220 g/mol. The second-order valence-electron chi connectivity index (χ2n) is 3.83. The van der Waals surface area contributed by atoms with Gasteiger partial charge in [0.1, 0.15) is 0 Å². The molecule has 1 amide bonds. The molecule has 88 valence electrons. The molecule has 3 heteroatoms. The maximum Gasteiger partial charge on any atom is 0.220 e. The Labute approximate surface area is 97.0 Å². The lowest BCUT2D eigenvalue weighted by molar-refractivity contribution is -0.121. The highest BCUT2D eigenvalue weighted by molar-refractivity contribution is 5.75. The first-order chi connectivity index (χ1) is 7.83. The second-order valence-corrected chi connectivity index (χ2v) is 3.83. The lowest BCUT2D eigenvalue weighted by atomic mass is 10.1. The van der Waals surface area contributed by atoms with Crippen molar-refractivity contribution in [1.82, 2.24) is 5.32 Å². The molecule has 0 aliphatic heterocycles. The SMILES string of the molecule is NCCCCC(=O)NCCc1ccccc1. The summed E-state index contributed by atoms with van der Waals surface area (Å²) in [5.74, 6) is 0.129. The van der Waals surface area contributed by atoms with Crippen LogP contribution in [0.4, 0.5) is 0 Å². The van der Waals surface area contributed by atoms with Gasteiger partial charge in [-0.05, 0) is 31.4 Å². The Morgan fingerprint density at radius 3 is 2.62 bits per heavy atom. The summed E-state index contributed by atoms with van der Waals surface area (Å²) in [5, 5.41) is 2.91. The van der Waals surface area contributed by atoms with Gasteiger partial charge in [0.2, 0.25) is 5.91 Å². The molecule has 16 heavy (non-hydrogen) atoms. The van der Waals surface area contributed by atoms with Crippen molar-refractivity contribution in [3.63, 3.8) is 0 Å². The monoisotopic (exact) mass is 220 g/mol.